The topological polar surface area (TPSA) is 17.1 Å². The molecule has 14 heavy (non-hydrogen) atoms. The van der Waals surface area contributed by atoms with Gasteiger partial charge in [0.2, 0.25) is 0 Å². The number of thioether (sulfide) groups is 1. The van der Waals surface area contributed by atoms with Crippen LogP contribution in [0.4, 0.5) is 0 Å². The molecule has 0 aromatic heterocycles. The Labute approximate surface area is 91.7 Å². The molecule has 1 aromatic carbocycles. The third kappa shape index (κ3) is 1.75. The molecule has 2 atom stereocenters. The molecule has 3 heteroatoms. The van der Waals surface area contributed by atoms with Crippen LogP contribution in [-0.2, 0) is 14.9 Å². The van der Waals surface area contributed by atoms with Gasteiger partial charge in [-0.1, -0.05) is 30.3 Å². The summed E-state index contributed by atoms with van der Waals surface area (Å²) in [6.45, 7) is 2.10. The first-order valence-corrected chi connectivity index (χ1v) is 7.12. The molecular weight excluding hydrogens is 212 g/mol. The first-order chi connectivity index (χ1) is 6.73. The normalized spacial score (nSPS) is 32.8. The monoisotopic (exact) mass is 226 g/mol. The van der Waals surface area contributed by atoms with Gasteiger partial charge in [0.1, 0.15) is 4.08 Å². The maximum atomic E-state index is 12.0. The summed E-state index contributed by atoms with van der Waals surface area (Å²) >= 11 is 1.83. The molecule has 1 unspecified atom stereocenters. The van der Waals surface area contributed by atoms with Crippen molar-refractivity contribution in [1.29, 1.82) is 0 Å². The number of benzene rings is 1. The van der Waals surface area contributed by atoms with Gasteiger partial charge in [-0.2, -0.15) is 0 Å². The van der Waals surface area contributed by atoms with E-state index in [2.05, 4.69) is 19.1 Å². The zero-order valence-electron chi connectivity index (χ0n) is 8.23. The lowest BCUT2D eigenvalue weighted by atomic mass is 10.2. The SMILES string of the molecule is C[C@@]1(c2ccccc2)SCCCS1=O. The van der Waals surface area contributed by atoms with Crippen LogP contribution < -0.4 is 0 Å². The first-order valence-electron chi connectivity index (χ1n) is 4.81. The summed E-state index contributed by atoms with van der Waals surface area (Å²) < 4.78 is 11.8. The number of hydrogen-bond donors (Lipinski definition) is 0. The summed E-state index contributed by atoms with van der Waals surface area (Å²) in [6.07, 6.45) is 1.08. The molecule has 1 heterocycles. The molecule has 1 nitrogen and oxygen atoms in total. The van der Waals surface area contributed by atoms with Crippen LogP contribution in [-0.4, -0.2) is 15.7 Å². The maximum absolute atomic E-state index is 12.0. The molecule has 1 fully saturated rings. The maximum Gasteiger partial charge on any atom is 0.113 e. The largest absolute Gasteiger partial charge is 0.258 e. The molecule has 76 valence electrons. The Morgan fingerprint density at radius 1 is 1.36 bits per heavy atom. The van der Waals surface area contributed by atoms with Crippen LogP contribution in [0.5, 0.6) is 0 Å². The van der Waals surface area contributed by atoms with Crippen molar-refractivity contribution in [3.05, 3.63) is 35.9 Å². The minimum absolute atomic E-state index is 0.181. The zero-order chi connectivity index (χ0) is 10.0. The van der Waals surface area contributed by atoms with E-state index in [1.807, 2.05) is 30.0 Å². The first kappa shape index (κ1) is 10.2. The smallest absolute Gasteiger partial charge is 0.113 e. The van der Waals surface area contributed by atoms with Gasteiger partial charge < -0.3 is 0 Å². The standard InChI is InChI=1S/C11H14OS2/c1-11(10-6-3-2-4-7-10)13-8-5-9-14(11)12/h2-4,6-7H,5,8-9H2,1H3/t11-,14?/m1/s1. The quantitative estimate of drug-likeness (QED) is 0.732. The Hall–Kier alpha value is -0.280. The van der Waals surface area contributed by atoms with Crippen LogP contribution in [0.25, 0.3) is 0 Å². The molecular formula is C11H14OS2. The predicted molar refractivity (Wildman–Crippen MR) is 63.9 cm³/mol. The lowest BCUT2D eigenvalue weighted by Crippen LogP contribution is -2.30. The molecule has 1 saturated heterocycles. The second kappa shape index (κ2) is 4.07. The Morgan fingerprint density at radius 2 is 2.07 bits per heavy atom. The van der Waals surface area contributed by atoms with E-state index in [9.17, 15) is 4.21 Å². The van der Waals surface area contributed by atoms with E-state index in [0.717, 1.165) is 17.9 Å². The summed E-state index contributed by atoms with van der Waals surface area (Å²) in [5.41, 5.74) is 1.20. The summed E-state index contributed by atoms with van der Waals surface area (Å²) in [6, 6.07) is 10.2. The molecule has 1 aliphatic rings. The van der Waals surface area contributed by atoms with Crippen LogP contribution in [0.2, 0.25) is 0 Å². The molecule has 0 saturated carbocycles. The zero-order valence-corrected chi connectivity index (χ0v) is 9.87. The van der Waals surface area contributed by atoms with Crippen molar-refractivity contribution < 1.29 is 4.21 Å². The molecule has 0 bridgehead atoms. The van der Waals surface area contributed by atoms with Crippen LogP contribution in [0.3, 0.4) is 0 Å². The second-order valence-electron chi connectivity index (χ2n) is 3.56. The fourth-order valence-corrected chi connectivity index (χ4v) is 5.06. The van der Waals surface area contributed by atoms with Gasteiger partial charge in [0.15, 0.2) is 0 Å². The van der Waals surface area contributed by atoms with Crippen molar-refractivity contribution in [2.45, 2.75) is 17.4 Å². The van der Waals surface area contributed by atoms with E-state index < -0.39 is 10.8 Å². The van der Waals surface area contributed by atoms with Gasteiger partial charge in [-0.25, -0.2) is 0 Å². The molecule has 1 aromatic rings. The average Bonchev–Trinajstić information content (AvgIpc) is 2.24. The minimum atomic E-state index is -0.732. The predicted octanol–water partition coefficient (Wildman–Crippen LogP) is 2.74. The van der Waals surface area contributed by atoms with Crippen LogP contribution >= 0.6 is 11.8 Å². The third-order valence-electron chi connectivity index (χ3n) is 2.58. The Bertz CT molecular complexity index is 336. The van der Waals surface area contributed by atoms with Crippen molar-refractivity contribution in [2.75, 3.05) is 11.5 Å². The second-order valence-corrected chi connectivity index (χ2v) is 7.25. The Balaban J connectivity index is 2.35. The fourth-order valence-electron chi connectivity index (χ4n) is 1.67. The summed E-state index contributed by atoms with van der Waals surface area (Å²) in [4.78, 5) is 0. The van der Waals surface area contributed by atoms with Crippen molar-refractivity contribution in [1.82, 2.24) is 0 Å². The van der Waals surface area contributed by atoms with Gasteiger partial charge in [-0.05, 0) is 24.7 Å². The number of hydrogen-bond acceptors (Lipinski definition) is 2. The fraction of sp³-hybridized carbons (Fsp3) is 0.455. The van der Waals surface area contributed by atoms with Crippen LogP contribution in [0.15, 0.2) is 30.3 Å². The van der Waals surface area contributed by atoms with Gasteiger partial charge >= 0.3 is 0 Å². The summed E-state index contributed by atoms with van der Waals surface area (Å²) in [5.74, 6) is 1.97. The molecule has 0 radical (unpaired) electrons. The van der Waals surface area contributed by atoms with Crippen molar-refractivity contribution in [3.8, 4) is 0 Å². The van der Waals surface area contributed by atoms with Gasteiger partial charge in [0, 0.05) is 16.6 Å². The minimum Gasteiger partial charge on any atom is -0.258 e. The highest BCUT2D eigenvalue weighted by atomic mass is 32.2. The molecule has 0 amide bonds. The van der Waals surface area contributed by atoms with E-state index in [-0.39, 0.29) is 4.08 Å². The van der Waals surface area contributed by atoms with Gasteiger partial charge in [0.25, 0.3) is 0 Å². The van der Waals surface area contributed by atoms with E-state index in [1.54, 1.807) is 0 Å². The van der Waals surface area contributed by atoms with Crippen LogP contribution in [0, 0.1) is 0 Å². The van der Waals surface area contributed by atoms with Crippen molar-refractivity contribution >= 4 is 22.6 Å². The molecule has 0 N–H and O–H groups in total. The molecule has 0 aliphatic carbocycles. The van der Waals surface area contributed by atoms with Gasteiger partial charge in [0.05, 0.1) is 0 Å². The summed E-state index contributed by atoms with van der Waals surface area (Å²) in [7, 11) is -0.732. The summed E-state index contributed by atoms with van der Waals surface area (Å²) in [5, 5.41) is 0. The lowest BCUT2D eigenvalue weighted by molar-refractivity contribution is 0.667. The van der Waals surface area contributed by atoms with Crippen LogP contribution in [0.1, 0.15) is 18.9 Å². The highest BCUT2D eigenvalue weighted by Gasteiger charge is 2.36. The Kier molecular flexibility index (Phi) is 2.98. The highest BCUT2D eigenvalue weighted by Crippen LogP contribution is 2.42. The highest BCUT2D eigenvalue weighted by molar-refractivity contribution is 8.12. The molecule has 1 aliphatic heterocycles. The third-order valence-corrected chi connectivity index (χ3v) is 6.54. The Morgan fingerprint density at radius 3 is 2.71 bits per heavy atom. The van der Waals surface area contributed by atoms with E-state index in [1.165, 1.54) is 5.56 Å². The van der Waals surface area contributed by atoms with Gasteiger partial charge in [-0.3, -0.25) is 4.21 Å². The van der Waals surface area contributed by atoms with E-state index in [4.69, 9.17) is 0 Å². The van der Waals surface area contributed by atoms with Gasteiger partial charge in [-0.15, -0.1) is 11.8 Å². The number of rotatable bonds is 1. The van der Waals surface area contributed by atoms with E-state index >= 15 is 0 Å². The lowest BCUT2D eigenvalue weighted by Gasteiger charge is -2.32. The van der Waals surface area contributed by atoms with Crippen molar-refractivity contribution in [2.24, 2.45) is 0 Å². The van der Waals surface area contributed by atoms with E-state index in [0.29, 0.717) is 0 Å². The van der Waals surface area contributed by atoms with Crippen molar-refractivity contribution in [3.63, 3.8) is 0 Å². The molecule has 0 spiro atoms. The average molecular weight is 226 g/mol. The molecule has 2 rings (SSSR count).